The summed E-state index contributed by atoms with van der Waals surface area (Å²) in [6, 6.07) is 5.50. The van der Waals surface area contributed by atoms with E-state index in [2.05, 4.69) is 5.32 Å². The Kier molecular flexibility index (Phi) is 3.49. The van der Waals surface area contributed by atoms with Gasteiger partial charge in [-0.05, 0) is 56.0 Å². The molecule has 82 valence electrons. The molecule has 2 rings (SSSR count). The van der Waals surface area contributed by atoms with E-state index in [0.717, 1.165) is 19.5 Å². The minimum Gasteiger partial charge on any atom is -0.506 e. The topological polar surface area (TPSA) is 32.3 Å². The summed E-state index contributed by atoms with van der Waals surface area (Å²) in [5, 5.41) is 13.2. The summed E-state index contributed by atoms with van der Waals surface area (Å²) in [6.45, 7) is 2.24. The molecule has 0 radical (unpaired) electrons. The normalized spacial score (nSPS) is 21.5. The van der Waals surface area contributed by atoms with Crippen molar-refractivity contribution in [2.24, 2.45) is 5.92 Å². The molecule has 1 aliphatic rings. The first-order valence-electron chi connectivity index (χ1n) is 5.44. The second-order valence-electron chi connectivity index (χ2n) is 4.20. The van der Waals surface area contributed by atoms with Gasteiger partial charge in [-0.1, -0.05) is 17.7 Å². The first-order valence-corrected chi connectivity index (χ1v) is 5.81. The molecular formula is C12H16ClNO. The summed E-state index contributed by atoms with van der Waals surface area (Å²) in [5.74, 6) is 0.876. The predicted molar refractivity (Wildman–Crippen MR) is 62.4 cm³/mol. The van der Waals surface area contributed by atoms with Crippen molar-refractivity contribution >= 4 is 11.6 Å². The molecular weight excluding hydrogens is 210 g/mol. The average Bonchev–Trinajstić information content (AvgIpc) is 2.25. The SMILES string of the molecule is Oc1ccc(CC2CCCNC2)cc1Cl. The van der Waals surface area contributed by atoms with Gasteiger partial charge in [0.2, 0.25) is 0 Å². The lowest BCUT2D eigenvalue weighted by Crippen LogP contribution is -2.30. The van der Waals surface area contributed by atoms with Crippen molar-refractivity contribution in [3.05, 3.63) is 28.8 Å². The fraction of sp³-hybridized carbons (Fsp3) is 0.500. The molecule has 0 spiro atoms. The van der Waals surface area contributed by atoms with Gasteiger partial charge in [-0.3, -0.25) is 0 Å². The fourth-order valence-electron chi connectivity index (χ4n) is 2.11. The summed E-state index contributed by atoms with van der Waals surface area (Å²) >= 11 is 5.87. The standard InChI is InChI=1S/C12H16ClNO/c13-11-7-9(3-4-12(11)15)6-10-2-1-5-14-8-10/h3-4,7,10,14-15H,1-2,5-6,8H2. The highest BCUT2D eigenvalue weighted by molar-refractivity contribution is 6.32. The molecule has 1 aliphatic heterocycles. The van der Waals surface area contributed by atoms with Crippen LogP contribution in [-0.2, 0) is 6.42 Å². The van der Waals surface area contributed by atoms with Gasteiger partial charge in [0, 0.05) is 0 Å². The summed E-state index contributed by atoms with van der Waals surface area (Å²) in [5.41, 5.74) is 1.21. The van der Waals surface area contributed by atoms with E-state index in [9.17, 15) is 5.11 Å². The van der Waals surface area contributed by atoms with Gasteiger partial charge in [-0.25, -0.2) is 0 Å². The van der Waals surface area contributed by atoms with Gasteiger partial charge in [0.1, 0.15) is 5.75 Å². The maximum atomic E-state index is 9.31. The molecule has 2 N–H and O–H groups in total. The lowest BCUT2D eigenvalue weighted by molar-refractivity contribution is 0.376. The Morgan fingerprint density at radius 2 is 2.33 bits per heavy atom. The Balaban J connectivity index is 2.00. The number of phenolic OH excluding ortho intramolecular Hbond substituents is 1. The Bertz CT molecular complexity index is 334. The second kappa shape index (κ2) is 4.86. The number of phenols is 1. The zero-order valence-electron chi connectivity index (χ0n) is 8.67. The van der Waals surface area contributed by atoms with Crippen LogP contribution in [0.5, 0.6) is 5.75 Å². The monoisotopic (exact) mass is 225 g/mol. The van der Waals surface area contributed by atoms with Crippen molar-refractivity contribution in [3.63, 3.8) is 0 Å². The van der Waals surface area contributed by atoms with Crippen LogP contribution in [0.15, 0.2) is 18.2 Å². The van der Waals surface area contributed by atoms with E-state index >= 15 is 0 Å². The highest BCUT2D eigenvalue weighted by Gasteiger charge is 2.13. The van der Waals surface area contributed by atoms with Crippen LogP contribution in [0, 0.1) is 5.92 Å². The van der Waals surface area contributed by atoms with Crippen LogP contribution in [0.1, 0.15) is 18.4 Å². The molecule has 0 saturated carbocycles. The molecule has 1 aromatic carbocycles. The van der Waals surface area contributed by atoms with Crippen LogP contribution in [0.4, 0.5) is 0 Å². The van der Waals surface area contributed by atoms with Gasteiger partial charge in [-0.15, -0.1) is 0 Å². The largest absolute Gasteiger partial charge is 0.506 e. The van der Waals surface area contributed by atoms with Crippen molar-refractivity contribution in [2.45, 2.75) is 19.3 Å². The molecule has 1 heterocycles. The maximum Gasteiger partial charge on any atom is 0.134 e. The second-order valence-corrected chi connectivity index (χ2v) is 4.61. The molecule has 1 atom stereocenters. The molecule has 0 amide bonds. The molecule has 3 heteroatoms. The summed E-state index contributed by atoms with van der Waals surface area (Å²) in [7, 11) is 0. The molecule has 2 nitrogen and oxygen atoms in total. The highest BCUT2D eigenvalue weighted by Crippen LogP contribution is 2.25. The zero-order chi connectivity index (χ0) is 10.7. The lowest BCUT2D eigenvalue weighted by atomic mass is 9.92. The highest BCUT2D eigenvalue weighted by atomic mass is 35.5. The van der Waals surface area contributed by atoms with Crippen molar-refractivity contribution in [2.75, 3.05) is 13.1 Å². The molecule has 1 saturated heterocycles. The van der Waals surface area contributed by atoms with Gasteiger partial charge in [0.25, 0.3) is 0 Å². The third-order valence-corrected chi connectivity index (χ3v) is 3.24. The lowest BCUT2D eigenvalue weighted by Gasteiger charge is -2.22. The van der Waals surface area contributed by atoms with Crippen LogP contribution in [-0.4, -0.2) is 18.2 Å². The van der Waals surface area contributed by atoms with Gasteiger partial charge in [0.15, 0.2) is 0 Å². The van der Waals surface area contributed by atoms with E-state index in [1.165, 1.54) is 18.4 Å². The first-order chi connectivity index (χ1) is 7.25. The van der Waals surface area contributed by atoms with Crippen LogP contribution in [0.25, 0.3) is 0 Å². The van der Waals surface area contributed by atoms with Crippen molar-refractivity contribution in [1.29, 1.82) is 0 Å². The van der Waals surface area contributed by atoms with E-state index in [-0.39, 0.29) is 5.75 Å². The van der Waals surface area contributed by atoms with Crippen LogP contribution >= 0.6 is 11.6 Å². The number of piperidine rings is 1. The van der Waals surface area contributed by atoms with Gasteiger partial charge in [0.05, 0.1) is 5.02 Å². The average molecular weight is 226 g/mol. The van der Waals surface area contributed by atoms with Gasteiger partial charge in [-0.2, -0.15) is 0 Å². The number of aromatic hydroxyl groups is 1. The Morgan fingerprint density at radius 1 is 1.47 bits per heavy atom. The Hall–Kier alpha value is -0.730. The number of nitrogens with one attached hydrogen (secondary N) is 1. The number of hydrogen-bond acceptors (Lipinski definition) is 2. The number of hydrogen-bond donors (Lipinski definition) is 2. The van der Waals surface area contributed by atoms with Crippen LogP contribution in [0.2, 0.25) is 5.02 Å². The third-order valence-electron chi connectivity index (χ3n) is 2.94. The quantitative estimate of drug-likeness (QED) is 0.811. The molecule has 0 aliphatic carbocycles. The number of benzene rings is 1. The minimum absolute atomic E-state index is 0.169. The predicted octanol–water partition coefficient (Wildman–Crippen LogP) is 2.59. The molecule has 0 aromatic heterocycles. The first kappa shape index (κ1) is 10.8. The minimum atomic E-state index is 0.169. The molecule has 1 fully saturated rings. The van der Waals surface area contributed by atoms with E-state index in [4.69, 9.17) is 11.6 Å². The molecule has 1 unspecified atom stereocenters. The Labute approximate surface area is 95.3 Å². The maximum absolute atomic E-state index is 9.31. The number of halogens is 1. The Morgan fingerprint density at radius 3 is 3.00 bits per heavy atom. The van der Waals surface area contributed by atoms with Crippen molar-refractivity contribution < 1.29 is 5.11 Å². The molecule has 15 heavy (non-hydrogen) atoms. The smallest absolute Gasteiger partial charge is 0.134 e. The van der Waals surface area contributed by atoms with E-state index in [1.54, 1.807) is 6.07 Å². The summed E-state index contributed by atoms with van der Waals surface area (Å²) < 4.78 is 0. The van der Waals surface area contributed by atoms with Crippen LogP contribution in [0.3, 0.4) is 0 Å². The molecule has 0 bridgehead atoms. The van der Waals surface area contributed by atoms with Gasteiger partial charge >= 0.3 is 0 Å². The van der Waals surface area contributed by atoms with Crippen LogP contribution < -0.4 is 5.32 Å². The van der Waals surface area contributed by atoms with Crippen molar-refractivity contribution in [1.82, 2.24) is 5.32 Å². The summed E-state index contributed by atoms with van der Waals surface area (Å²) in [4.78, 5) is 0. The molecule has 1 aromatic rings. The fourth-order valence-corrected chi connectivity index (χ4v) is 2.31. The van der Waals surface area contributed by atoms with Gasteiger partial charge < -0.3 is 10.4 Å². The number of rotatable bonds is 2. The van der Waals surface area contributed by atoms with E-state index in [1.807, 2.05) is 12.1 Å². The van der Waals surface area contributed by atoms with Crippen molar-refractivity contribution in [3.8, 4) is 5.75 Å². The van der Waals surface area contributed by atoms with E-state index < -0.39 is 0 Å². The zero-order valence-corrected chi connectivity index (χ0v) is 9.43. The third kappa shape index (κ3) is 2.86. The van der Waals surface area contributed by atoms with E-state index in [0.29, 0.717) is 10.9 Å². The summed E-state index contributed by atoms with van der Waals surface area (Å²) in [6.07, 6.45) is 3.59.